The van der Waals surface area contributed by atoms with Crippen LogP contribution < -0.4 is 5.32 Å². The summed E-state index contributed by atoms with van der Waals surface area (Å²) >= 11 is 0. The largest absolute Gasteiger partial charge is 0.443 e. The second-order valence-electron chi connectivity index (χ2n) is 3.74. The van der Waals surface area contributed by atoms with E-state index in [1.54, 1.807) is 0 Å². The summed E-state index contributed by atoms with van der Waals surface area (Å²) in [5, 5.41) is 2.80. The van der Waals surface area contributed by atoms with Gasteiger partial charge in [0.1, 0.15) is 6.10 Å². The zero-order valence-electron chi connectivity index (χ0n) is 7.41. The summed E-state index contributed by atoms with van der Waals surface area (Å²) in [5.74, 6) is 0. The van der Waals surface area contributed by atoms with Crippen molar-refractivity contribution in [1.29, 1.82) is 0 Å². The SMILES string of the molecule is CC(C)N1CC2NC(=O)O[C@@H]2C1. The van der Waals surface area contributed by atoms with E-state index in [0.717, 1.165) is 13.1 Å². The van der Waals surface area contributed by atoms with E-state index in [2.05, 4.69) is 24.1 Å². The molecular weight excluding hydrogens is 156 g/mol. The minimum atomic E-state index is -0.256. The Morgan fingerprint density at radius 2 is 2.33 bits per heavy atom. The predicted octanol–water partition coefficient (Wildman–Crippen LogP) is 0.187. The summed E-state index contributed by atoms with van der Waals surface area (Å²) in [6, 6.07) is 0.760. The van der Waals surface area contributed by atoms with Crippen LogP contribution in [0.3, 0.4) is 0 Å². The van der Waals surface area contributed by atoms with Crippen molar-refractivity contribution < 1.29 is 9.53 Å². The van der Waals surface area contributed by atoms with Crippen LogP contribution in [0.15, 0.2) is 0 Å². The lowest BCUT2D eigenvalue weighted by atomic mass is 10.2. The van der Waals surface area contributed by atoms with Crippen molar-refractivity contribution in [3.05, 3.63) is 0 Å². The van der Waals surface area contributed by atoms with E-state index in [1.807, 2.05) is 0 Å². The van der Waals surface area contributed by atoms with Gasteiger partial charge < -0.3 is 10.1 Å². The molecule has 1 unspecified atom stereocenters. The molecular formula is C8H14N2O2. The number of carbonyl (C=O) groups is 1. The smallest absolute Gasteiger partial charge is 0.407 e. The summed E-state index contributed by atoms with van der Waals surface area (Å²) in [7, 11) is 0. The number of nitrogens with one attached hydrogen (secondary N) is 1. The maximum Gasteiger partial charge on any atom is 0.407 e. The molecule has 2 aliphatic heterocycles. The first-order valence-electron chi connectivity index (χ1n) is 4.38. The molecule has 0 aromatic carbocycles. The Labute approximate surface area is 71.9 Å². The molecule has 0 bridgehead atoms. The van der Waals surface area contributed by atoms with Crippen LogP contribution in [0.1, 0.15) is 13.8 Å². The van der Waals surface area contributed by atoms with E-state index < -0.39 is 0 Å². The van der Waals surface area contributed by atoms with Crippen molar-refractivity contribution in [2.24, 2.45) is 0 Å². The summed E-state index contributed by atoms with van der Waals surface area (Å²) in [6.07, 6.45) is -0.173. The van der Waals surface area contributed by atoms with Gasteiger partial charge in [0.2, 0.25) is 0 Å². The summed E-state index contributed by atoms with van der Waals surface area (Å²) in [4.78, 5) is 13.1. The predicted molar refractivity (Wildman–Crippen MR) is 43.9 cm³/mol. The number of likely N-dealkylation sites (tertiary alicyclic amines) is 1. The van der Waals surface area contributed by atoms with Gasteiger partial charge in [-0.15, -0.1) is 0 Å². The van der Waals surface area contributed by atoms with Crippen LogP contribution in [-0.4, -0.2) is 42.3 Å². The van der Waals surface area contributed by atoms with Crippen molar-refractivity contribution in [3.63, 3.8) is 0 Å². The van der Waals surface area contributed by atoms with Gasteiger partial charge in [-0.25, -0.2) is 4.79 Å². The third-order valence-electron chi connectivity index (χ3n) is 2.59. The van der Waals surface area contributed by atoms with Crippen molar-refractivity contribution in [1.82, 2.24) is 10.2 Å². The second kappa shape index (κ2) is 2.62. The highest BCUT2D eigenvalue weighted by Crippen LogP contribution is 2.20. The van der Waals surface area contributed by atoms with Gasteiger partial charge in [0, 0.05) is 19.1 Å². The first kappa shape index (κ1) is 7.86. The van der Waals surface area contributed by atoms with Gasteiger partial charge in [-0.05, 0) is 13.8 Å². The minimum absolute atomic E-state index is 0.0832. The molecule has 0 aromatic heterocycles. The number of alkyl carbamates (subject to hydrolysis) is 1. The number of hydrogen-bond donors (Lipinski definition) is 1. The van der Waals surface area contributed by atoms with Crippen LogP contribution in [0.4, 0.5) is 4.79 Å². The molecule has 68 valence electrons. The topological polar surface area (TPSA) is 41.6 Å². The fourth-order valence-corrected chi connectivity index (χ4v) is 1.81. The Morgan fingerprint density at radius 1 is 1.58 bits per heavy atom. The zero-order chi connectivity index (χ0) is 8.72. The van der Waals surface area contributed by atoms with Crippen molar-refractivity contribution in [3.8, 4) is 0 Å². The molecule has 12 heavy (non-hydrogen) atoms. The number of rotatable bonds is 1. The molecule has 1 N–H and O–H groups in total. The third-order valence-corrected chi connectivity index (χ3v) is 2.59. The van der Waals surface area contributed by atoms with Gasteiger partial charge in [-0.1, -0.05) is 0 Å². The normalized spacial score (nSPS) is 35.1. The van der Waals surface area contributed by atoms with Gasteiger partial charge in [-0.2, -0.15) is 0 Å². The molecule has 4 heteroatoms. The summed E-state index contributed by atoms with van der Waals surface area (Å²) in [6.45, 7) is 6.11. The summed E-state index contributed by atoms with van der Waals surface area (Å²) in [5.41, 5.74) is 0. The minimum Gasteiger partial charge on any atom is -0.443 e. The molecule has 2 atom stereocenters. The lowest BCUT2D eigenvalue weighted by molar-refractivity contribution is 0.126. The first-order chi connectivity index (χ1) is 5.66. The van der Waals surface area contributed by atoms with Crippen molar-refractivity contribution >= 4 is 6.09 Å². The molecule has 0 spiro atoms. The highest BCUT2D eigenvalue weighted by Gasteiger charge is 2.42. The van der Waals surface area contributed by atoms with Crippen LogP contribution in [0, 0.1) is 0 Å². The molecule has 0 radical (unpaired) electrons. The highest BCUT2D eigenvalue weighted by atomic mass is 16.6. The van der Waals surface area contributed by atoms with Crippen LogP contribution in [0.25, 0.3) is 0 Å². The Balaban J connectivity index is 1.97. The van der Waals surface area contributed by atoms with Gasteiger partial charge in [0.15, 0.2) is 0 Å². The third kappa shape index (κ3) is 1.16. The monoisotopic (exact) mass is 170 g/mol. The first-order valence-corrected chi connectivity index (χ1v) is 4.38. The molecule has 2 saturated heterocycles. The molecule has 1 amide bonds. The van der Waals surface area contributed by atoms with E-state index in [-0.39, 0.29) is 18.2 Å². The van der Waals surface area contributed by atoms with Gasteiger partial charge in [0.25, 0.3) is 0 Å². The molecule has 4 nitrogen and oxygen atoms in total. The molecule has 0 saturated carbocycles. The standard InChI is InChI=1S/C8H14N2O2/c1-5(2)10-3-6-7(4-10)12-8(11)9-6/h5-7H,3-4H2,1-2H3,(H,9,11)/t6?,7-/m1/s1. The molecule has 2 aliphatic rings. The van der Waals surface area contributed by atoms with Gasteiger partial charge in [-0.3, -0.25) is 4.90 Å². The molecule has 0 aliphatic carbocycles. The van der Waals surface area contributed by atoms with Gasteiger partial charge >= 0.3 is 6.09 Å². The number of fused-ring (bicyclic) bond motifs is 1. The van der Waals surface area contributed by atoms with E-state index in [4.69, 9.17) is 4.74 Å². The zero-order valence-corrected chi connectivity index (χ0v) is 7.41. The van der Waals surface area contributed by atoms with Gasteiger partial charge in [0.05, 0.1) is 6.04 Å². The molecule has 2 fully saturated rings. The second-order valence-corrected chi connectivity index (χ2v) is 3.74. The van der Waals surface area contributed by atoms with Crippen LogP contribution in [0.5, 0.6) is 0 Å². The van der Waals surface area contributed by atoms with Crippen molar-refractivity contribution in [2.75, 3.05) is 13.1 Å². The van der Waals surface area contributed by atoms with Crippen LogP contribution >= 0.6 is 0 Å². The number of nitrogens with zero attached hydrogens (tertiary/aromatic N) is 1. The van der Waals surface area contributed by atoms with E-state index >= 15 is 0 Å². The fraction of sp³-hybridized carbons (Fsp3) is 0.875. The van der Waals surface area contributed by atoms with Crippen molar-refractivity contribution in [2.45, 2.75) is 32.0 Å². The highest BCUT2D eigenvalue weighted by molar-refractivity contribution is 5.70. The number of carbonyl (C=O) groups excluding carboxylic acids is 1. The lowest BCUT2D eigenvalue weighted by Crippen LogP contribution is -2.35. The maximum absolute atomic E-state index is 10.8. The number of ether oxygens (including phenoxy) is 1. The Bertz CT molecular complexity index is 189. The van der Waals surface area contributed by atoms with Crippen LogP contribution in [0.2, 0.25) is 0 Å². The van der Waals surface area contributed by atoms with E-state index in [9.17, 15) is 4.79 Å². The molecule has 2 rings (SSSR count). The summed E-state index contributed by atoms with van der Waals surface area (Å²) < 4.78 is 5.07. The number of amides is 1. The average molecular weight is 170 g/mol. The maximum atomic E-state index is 10.8. The van der Waals surface area contributed by atoms with Crippen LogP contribution in [-0.2, 0) is 4.74 Å². The quantitative estimate of drug-likeness (QED) is 0.610. The van der Waals surface area contributed by atoms with E-state index in [1.165, 1.54) is 0 Å². The molecule has 0 aromatic rings. The lowest BCUT2D eigenvalue weighted by Gasteiger charge is -2.20. The average Bonchev–Trinajstić information content (AvgIpc) is 2.42. The Kier molecular flexibility index (Phi) is 1.72. The fourth-order valence-electron chi connectivity index (χ4n) is 1.81. The van der Waals surface area contributed by atoms with E-state index in [0.29, 0.717) is 6.04 Å². The number of hydrogen-bond acceptors (Lipinski definition) is 3. The Morgan fingerprint density at radius 3 is 2.92 bits per heavy atom. The Hall–Kier alpha value is -0.770. The molecule has 2 heterocycles.